The molecule has 0 aliphatic carbocycles. The van der Waals surface area contributed by atoms with Gasteiger partial charge in [0, 0.05) is 32.3 Å². The van der Waals surface area contributed by atoms with Gasteiger partial charge >= 0.3 is 6.09 Å². The summed E-state index contributed by atoms with van der Waals surface area (Å²) < 4.78 is 0. The summed E-state index contributed by atoms with van der Waals surface area (Å²) in [5.41, 5.74) is 4.33. The van der Waals surface area contributed by atoms with Crippen molar-refractivity contribution in [1.29, 1.82) is 0 Å². The Kier molecular flexibility index (Phi) is 5.13. The maximum Gasteiger partial charge on any atom is 0.407 e. The number of fused-ring (bicyclic) bond motifs is 1. The first-order valence-corrected chi connectivity index (χ1v) is 10.4. The number of aromatic amines is 1. The van der Waals surface area contributed by atoms with E-state index in [-0.39, 0.29) is 11.5 Å². The molecule has 0 spiro atoms. The van der Waals surface area contributed by atoms with Crippen LogP contribution in [0.15, 0.2) is 36.8 Å². The van der Waals surface area contributed by atoms with Crippen LogP contribution in [0.1, 0.15) is 37.5 Å². The SMILES string of the molecule is Cc1ccccc1Cc1c[nH]c2ncnc(N3CCN(C(=O)O)C(C(C)(C)C)C3)c12. The zero-order valence-electron chi connectivity index (χ0n) is 18.0. The first-order valence-electron chi connectivity index (χ1n) is 10.4. The first-order chi connectivity index (χ1) is 14.3. The molecule has 1 aliphatic rings. The summed E-state index contributed by atoms with van der Waals surface area (Å²) in [5, 5.41) is 10.7. The Labute approximate surface area is 176 Å². The summed E-state index contributed by atoms with van der Waals surface area (Å²) in [5.74, 6) is 0.879. The van der Waals surface area contributed by atoms with E-state index in [0.717, 1.165) is 28.8 Å². The highest BCUT2D eigenvalue weighted by atomic mass is 16.4. The Bertz CT molecular complexity index is 1070. The third kappa shape index (κ3) is 3.72. The molecular formula is C23H29N5O2. The number of piperazine rings is 1. The Hall–Kier alpha value is -3.09. The molecule has 3 heterocycles. The molecule has 0 saturated carbocycles. The van der Waals surface area contributed by atoms with Crippen LogP contribution in [0.3, 0.4) is 0 Å². The molecule has 7 heteroatoms. The summed E-state index contributed by atoms with van der Waals surface area (Å²) >= 11 is 0. The highest BCUT2D eigenvalue weighted by molar-refractivity contribution is 5.91. The second kappa shape index (κ2) is 7.63. The minimum Gasteiger partial charge on any atom is -0.465 e. The van der Waals surface area contributed by atoms with E-state index in [4.69, 9.17) is 0 Å². The number of nitrogens with one attached hydrogen (secondary N) is 1. The van der Waals surface area contributed by atoms with Crippen LogP contribution in [-0.2, 0) is 6.42 Å². The van der Waals surface area contributed by atoms with Crippen LogP contribution in [0.2, 0.25) is 0 Å². The number of H-pyrrole nitrogens is 1. The van der Waals surface area contributed by atoms with Crippen LogP contribution in [0.4, 0.5) is 10.6 Å². The van der Waals surface area contributed by atoms with Crippen LogP contribution in [0.5, 0.6) is 0 Å². The molecule has 2 N–H and O–H groups in total. The van der Waals surface area contributed by atoms with Gasteiger partial charge in [0.2, 0.25) is 0 Å². The van der Waals surface area contributed by atoms with Crippen molar-refractivity contribution < 1.29 is 9.90 Å². The Morgan fingerprint density at radius 1 is 1.20 bits per heavy atom. The number of nitrogens with zero attached hydrogens (tertiary/aromatic N) is 4. The van der Waals surface area contributed by atoms with Gasteiger partial charge in [-0.2, -0.15) is 0 Å². The molecule has 7 nitrogen and oxygen atoms in total. The Morgan fingerprint density at radius 3 is 2.67 bits per heavy atom. The number of anilines is 1. The van der Waals surface area contributed by atoms with Gasteiger partial charge in [-0.15, -0.1) is 0 Å². The van der Waals surface area contributed by atoms with Gasteiger partial charge in [0.15, 0.2) is 0 Å². The van der Waals surface area contributed by atoms with Crippen LogP contribution < -0.4 is 4.90 Å². The molecule has 1 amide bonds. The molecule has 0 bridgehead atoms. The van der Waals surface area contributed by atoms with Gasteiger partial charge in [-0.05, 0) is 29.0 Å². The lowest BCUT2D eigenvalue weighted by atomic mass is 9.84. The largest absolute Gasteiger partial charge is 0.465 e. The van der Waals surface area contributed by atoms with Gasteiger partial charge < -0.3 is 19.9 Å². The Balaban J connectivity index is 1.72. The summed E-state index contributed by atoms with van der Waals surface area (Å²) in [4.78, 5) is 27.9. The molecule has 1 fully saturated rings. The predicted octanol–water partition coefficient (Wildman–Crippen LogP) is 4.07. The van der Waals surface area contributed by atoms with E-state index >= 15 is 0 Å². The molecule has 4 rings (SSSR count). The maximum atomic E-state index is 11.8. The van der Waals surface area contributed by atoms with Gasteiger partial charge in [-0.3, -0.25) is 0 Å². The van der Waals surface area contributed by atoms with Crippen molar-refractivity contribution in [2.45, 2.75) is 40.2 Å². The van der Waals surface area contributed by atoms with Crippen LogP contribution >= 0.6 is 0 Å². The summed E-state index contributed by atoms with van der Waals surface area (Å²) in [6.45, 7) is 10.1. The molecule has 1 saturated heterocycles. The normalized spacial score (nSPS) is 17.5. The Morgan fingerprint density at radius 2 is 1.97 bits per heavy atom. The van der Waals surface area contributed by atoms with Crippen LogP contribution in [0, 0.1) is 12.3 Å². The molecule has 3 aromatic rings. The molecule has 1 aliphatic heterocycles. The lowest BCUT2D eigenvalue weighted by Crippen LogP contribution is -2.59. The fourth-order valence-electron chi connectivity index (χ4n) is 4.35. The second-order valence-corrected chi connectivity index (χ2v) is 9.14. The van der Waals surface area contributed by atoms with Crippen LogP contribution in [0.25, 0.3) is 11.0 Å². The minimum absolute atomic E-state index is 0.118. The number of benzene rings is 1. The molecular weight excluding hydrogens is 378 g/mol. The number of aromatic nitrogens is 3. The summed E-state index contributed by atoms with van der Waals surface area (Å²) in [7, 11) is 0. The monoisotopic (exact) mass is 407 g/mol. The number of hydrogen-bond acceptors (Lipinski definition) is 4. The fourth-order valence-corrected chi connectivity index (χ4v) is 4.35. The maximum absolute atomic E-state index is 11.8. The highest BCUT2D eigenvalue weighted by Gasteiger charge is 2.38. The van der Waals surface area contributed by atoms with Crippen LogP contribution in [-0.4, -0.2) is 56.7 Å². The van der Waals surface area contributed by atoms with E-state index in [1.807, 2.05) is 6.20 Å². The highest BCUT2D eigenvalue weighted by Crippen LogP contribution is 2.33. The molecule has 1 aromatic carbocycles. The lowest BCUT2D eigenvalue weighted by molar-refractivity contribution is 0.0747. The van der Waals surface area contributed by atoms with E-state index in [0.29, 0.717) is 19.6 Å². The quantitative estimate of drug-likeness (QED) is 0.684. The number of carbonyl (C=O) groups is 1. The molecule has 2 aromatic heterocycles. The molecule has 0 radical (unpaired) electrons. The lowest BCUT2D eigenvalue weighted by Gasteiger charge is -2.46. The van der Waals surface area contributed by atoms with E-state index in [9.17, 15) is 9.90 Å². The molecule has 30 heavy (non-hydrogen) atoms. The van der Waals surface area contributed by atoms with Gasteiger partial charge in [0.25, 0.3) is 0 Å². The minimum atomic E-state index is -0.857. The number of amides is 1. The van der Waals surface area contributed by atoms with Crippen molar-refractivity contribution in [2.75, 3.05) is 24.5 Å². The van der Waals surface area contributed by atoms with E-state index in [1.54, 1.807) is 11.2 Å². The zero-order chi connectivity index (χ0) is 21.5. The predicted molar refractivity (Wildman–Crippen MR) is 118 cm³/mol. The molecule has 1 unspecified atom stereocenters. The first kappa shape index (κ1) is 20.2. The van der Waals surface area contributed by atoms with Crippen molar-refractivity contribution in [3.05, 3.63) is 53.5 Å². The van der Waals surface area contributed by atoms with Gasteiger partial charge in [0.05, 0.1) is 11.4 Å². The number of aryl methyl sites for hydroxylation is 1. The molecule has 158 valence electrons. The third-order valence-corrected chi connectivity index (χ3v) is 6.10. The second-order valence-electron chi connectivity index (χ2n) is 9.14. The average molecular weight is 408 g/mol. The third-order valence-electron chi connectivity index (χ3n) is 6.10. The summed E-state index contributed by atoms with van der Waals surface area (Å²) in [6, 6.07) is 8.28. The van der Waals surface area contributed by atoms with Crippen molar-refractivity contribution in [3.63, 3.8) is 0 Å². The average Bonchev–Trinajstić information content (AvgIpc) is 3.11. The van der Waals surface area contributed by atoms with Gasteiger partial charge in [-0.25, -0.2) is 14.8 Å². The van der Waals surface area contributed by atoms with Crippen molar-refractivity contribution in [2.24, 2.45) is 5.41 Å². The van der Waals surface area contributed by atoms with E-state index in [1.165, 1.54) is 11.1 Å². The number of hydrogen-bond donors (Lipinski definition) is 2. The van der Waals surface area contributed by atoms with Gasteiger partial charge in [-0.1, -0.05) is 45.0 Å². The standard InChI is InChI=1S/C23H29N5O2/c1-15-7-5-6-8-16(15)11-17-12-24-20-19(17)21(26-14-25-20)27-9-10-28(22(29)30)18(13-27)23(2,3)4/h5-8,12,14,18H,9-11,13H2,1-4H3,(H,29,30)(H,24,25,26). The van der Waals surface area contributed by atoms with Crippen molar-refractivity contribution in [1.82, 2.24) is 19.9 Å². The topological polar surface area (TPSA) is 85.4 Å². The smallest absolute Gasteiger partial charge is 0.407 e. The zero-order valence-corrected chi connectivity index (χ0v) is 18.0. The number of rotatable bonds is 3. The molecule has 1 atom stereocenters. The number of carboxylic acid groups (broad SMARTS) is 1. The summed E-state index contributed by atoms with van der Waals surface area (Å²) in [6.07, 6.45) is 3.54. The van der Waals surface area contributed by atoms with Gasteiger partial charge in [0.1, 0.15) is 17.8 Å². The van der Waals surface area contributed by atoms with Crippen molar-refractivity contribution >= 4 is 22.9 Å². The van der Waals surface area contributed by atoms with E-state index < -0.39 is 6.09 Å². The van der Waals surface area contributed by atoms with Crippen molar-refractivity contribution in [3.8, 4) is 0 Å². The van der Waals surface area contributed by atoms with E-state index in [2.05, 4.69) is 71.8 Å². The fraction of sp³-hybridized carbons (Fsp3) is 0.435.